The second-order valence-electron chi connectivity index (χ2n) is 2.20. The largest absolute Gasteiger partial charge is 0.463 e. The van der Waals surface area contributed by atoms with E-state index in [4.69, 9.17) is 16.3 Å². The van der Waals surface area contributed by atoms with Crippen molar-refractivity contribution in [3.05, 3.63) is 0 Å². The second-order valence-corrected chi connectivity index (χ2v) is 2.50. The normalized spacial score (nSPS) is 11.5. The smallest absolute Gasteiger partial charge is 0.309 e. The maximum Gasteiger partial charge on any atom is 0.309 e. The molecule has 0 amide bonds. The van der Waals surface area contributed by atoms with E-state index in [9.17, 15) is 9.59 Å². The highest BCUT2D eigenvalue weighted by Crippen LogP contribution is 2.00. The molecule has 0 aromatic carbocycles. The van der Waals surface area contributed by atoms with E-state index in [0.29, 0.717) is 0 Å². The summed E-state index contributed by atoms with van der Waals surface area (Å²) in [6.45, 7) is 1.93. The van der Waals surface area contributed by atoms with Gasteiger partial charge in [-0.1, -0.05) is 6.92 Å². The highest BCUT2D eigenvalue weighted by atomic mass is 35.5. The predicted octanol–water partition coefficient (Wildman–Crippen LogP) is 0.740. The fourth-order valence-electron chi connectivity index (χ4n) is 0.443. The molecule has 0 saturated carbocycles. The van der Waals surface area contributed by atoms with Gasteiger partial charge in [-0.25, -0.2) is 9.79 Å². The molecule has 0 aromatic heterocycles. The van der Waals surface area contributed by atoms with Crippen molar-refractivity contribution in [3.63, 3.8) is 0 Å². The molecule has 0 heterocycles. The van der Waals surface area contributed by atoms with E-state index in [2.05, 4.69) is 4.99 Å². The minimum Gasteiger partial charge on any atom is -0.463 e. The molecule has 68 valence electrons. The minimum absolute atomic E-state index is 0.106. The number of hydrogen-bond acceptors (Lipinski definition) is 4. The fourth-order valence-corrected chi connectivity index (χ4v) is 0.569. The van der Waals surface area contributed by atoms with Gasteiger partial charge in [0.05, 0.1) is 12.5 Å². The minimum atomic E-state index is -0.369. The molecule has 0 radical (unpaired) electrons. The van der Waals surface area contributed by atoms with Crippen LogP contribution in [-0.4, -0.2) is 31.1 Å². The number of carbonyl (C=O) groups excluding carboxylic acids is 2. The Labute approximate surface area is 75.6 Å². The van der Waals surface area contributed by atoms with Gasteiger partial charge in [-0.05, 0) is 0 Å². The molecule has 0 rings (SSSR count). The Bertz CT molecular complexity index is 189. The second kappa shape index (κ2) is 6.83. The molecule has 0 aromatic rings. The molecule has 1 unspecified atom stereocenters. The molecular weight excluding hydrogens is 182 g/mol. The van der Waals surface area contributed by atoms with Gasteiger partial charge in [0.1, 0.15) is 6.61 Å². The number of nitrogens with zero attached hydrogens (tertiary/aromatic N) is 1. The lowest BCUT2D eigenvalue weighted by Gasteiger charge is -2.05. The van der Waals surface area contributed by atoms with Crippen LogP contribution in [0.4, 0.5) is 0 Å². The predicted molar refractivity (Wildman–Crippen MR) is 43.8 cm³/mol. The van der Waals surface area contributed by atoms with Crippen molar-refractivity contribution in [1.82, 2.24) is 0 Å². The summed E-state index contributed by atoms with van der Waals surface area (Å²) in [4.78, 5) is 23.7. The first-order chi connectivity index (χ1) is 5.72. The third-order valence-corrected chi connectivity index (χ3v) is 1.61. The van der Waals surface area contributed by atoms with Crippen LogP contribution in [0, 0.1) is 5.92 Å². The zero-order valence-electron chi connectivity index (χ0n) is 6.75. The summed E-state index contributed by atoms with van der Waals surface area (Å²) in [7, 11) is 0. The zero-order chi connectivity index (χ0) is 9.40. The van der Waals surface area contributed by atoms with Crippen molar-refractivity contribution in [3.8, 4) is 0 Å². The summed E-state index contributed by atoms with van der Waals surface area (Å²) in [5.74, 6) is -0.451. The van der Waals surface area contributed by atoms with Crippen LogP contribution < -0.4 is 0 Å². The van der Waals surface area contributed by atoms with Crippen LogP contribution in [0.3, 0.4) is 0 Å². The molecule has 12 heavy (non-hydrogen) atoms. The van der Waals surface area contributed by atoms with Gasteiger partial charge in [-0.3, -0.25) is 4.79 Å². The molecule has 0 saturated heterocycles. The van der Waals surface area contributed by atoms with Gasteiger partial charge in [0, 0.05) is 5.88 Å². The lowest BCUT2D eigenvalue weighted by molar-refractivity contribution is -0.146. The maximum absolute atomic E-state index is 10.9. The molecule has 4 nitrogen and oxygen atoms in total. The topological polar surface area (TPSA) is 55.7 Å². The summed E-state index contributed by atoms with van der Waals surface area (Å²) in [5, 5.41) is 0. The average Bonchev–Trinajstić information content (AvgIpc) is 2.10. The number of hydrogen-bond donors (Lipinski definition) is 0. The Morgan fingerprint density at radius 3 is 2.92 bits per heavy atom. The van der Waals surface area contributed by atoms with Gasteiger partial charge in [-0.15, -0.1) is 11.6 Å². The molecule has 0 fully saturated rings. The molecule has 1 atom stereocenters. The van der Waals surface area contributed by atoms with Gasteiger partial charge in [-0.2, -0.15) is 0 Å². The average molecular weight is 192 g/mol. The molecule has 0 N–H and O–H groups in total. The number of rotatable bonds is 5. The molecular formula is C7H10ClNO3. The van der Waals surface area contributed by atoms with Crippen molar-refractivity contribution in [2.24, 2.45) is 10.9 Å². The molecule has 0 aliphatic heterocycles. The zero-order valence-corrected chi connectivity index (χ0v) is 7.50. The number of aliphatic imine (C=N–C) groups is 1. The highest BCUT2D eigenvalue weighted by molar-refractivity contribution is 6.19. The van der Waals surface area contributed by atoms with Crippen molar-refractivity contribution in [1.29, 1.82) is 0 Å². The third kappa shape index (κ3) is 4.88. The SMILES string of the molecule is CC(CCl)C(=O)OCCN=C=O. The monoisotopic (exact) mass is 191 g/mol. The van der Waals surface area contributed by atoms with Crippen LogP contribution >= 0.6 is 11.6 Å². The number of isocyanates is 1. The van der Waals surface area contributed by atoms with Crippen LogP contribution in [-0.2, 0) is 14.3 Å². The van der Waals surface area contributed by atoms with E-state index in [-0.39, 0.29) is 30.9 Å². The lowest BCUT2D eigenvalue weighted by atomic mass is 10.2. The Hall–Kier alpha value is -0.860. The number of alkyl halides is 1. The van der Waals surface area contributed by atoms with E-state index >= 15 is 0 Å². The first kappa shape index (κ1) is 11.1. The van der Waals surface area contributed by atoms with Crippen LogP contribution in [0.5, 0.6) is 0 Å². The standard InChI is InChI=1S/C7H10ClNO3/c1-6(4-8)7(11)12-3-2-9-5-10/h6H,2-4H2,1H3. The molecule has 0 bridgehead atoms. The quantitative estimate of drug-likeness (QED) is 0.212. The van der Waals surface area contributed by atoms with Crippen molar-refractivity contribution in [2.75, 3.05) is 19.0 Å². The first-order valence-electron chi connectivity index (χ1n) is 3.48. The van der Waals surface area contributed by atoms with E-state index in [1.165, 1.54) is 6.08 Å². The van der Waals surface area contributed by atoms with Gasteiger partial charge in [0.25, 0.3) is 0 Å². The third-order valence-electron chi connectivity index (χ3n) is 1.15. The number of carbonyl (C=O) groups is 1. The maximum atomic E-state index is 10.9. The van der Waals surface area contributed by atoms with Crippen molar-refractivity contribution < 1.29 is 14.3 Å². The van der Waals surface area contributed by atoms with Crippen LogP contribution in [0.1, 0.15) is 6.92 Å². The van der Waals surface area contributed by atoms with Crippen LogP contribution in [0.25, 0.3) is 0 Å². The molecule has 0 aliphatic carbocycles. The first-order valence-corrected chi connectivity index (χ1v) is 4.02. The van der Waals surface area contributed by atoms with E-state index in [1.54, 1.807) is 6.92 Å². The van der Waals surface area contributed by atoms with E-state index in [0.717, 1.165) is 0 Å². The van der Waals surface area contributed by atoms with Crippen molar-refractivity contribution >= 4 is 23.7 Å². The molecule has 5 heteroatoms. The number of ether oxygens (including phenoxy) is 1. The Morgan fingerprint density at radius 2 is 2.42 bits per heavy atom. The van der Waals surface area contributed by atoms with E-state index in [1.807, 2.05) is 0 Å². The molecule has 0 aliphatic rings. The van der Waals surface area contributed by atoms with Crippen molar-refractivity contribution in [2.45, 2.75) is 6.92 Å². The lowest BCUT2D eigenvalue weighted by Crippen LogP contribution is -2.17. The Morgan fingerprint density at radius 1 is 1.75 bits per heavy atom. The summed E-state index contributed by atoms with van der Waals surface area (Å²) in [5.41, 5.74) is 0. The molecule has 0 spiro atoms. The summed E-state index contributed by atoms with van der Waals surface area (Å²) < 4.78 is 4.70. The summed E-state index contributed by atoms with van der Waals surface area (Å²) >= 11 is 5.40. The number of esters is 1. The van der Waals surface area contributed by atoms with Gasteiger partial charge in [0.15, 0.2) is 0 Å². The van der Waals surface area contributed by atoms with Gasteiger partial charge in [0.2, 0.25) is 6.08 Å². The Balaban J connectivity index is 3.50. The fraction of sp³-hybridized carbons (Fsp3) is 0.714. The summed E-state index contributed by atoms with van der Waals surface area (Å²) in [6.07, 6.45) is 1.34. The Kier molecular flexibility index (Phi) is 6.34. The van der Waals surface area contributed by atoms with Crippen LogP contribution in [0.15, 0.2) is 4.99 Å². The van der Waals surface area contributed by atoms with Gasteiger partial charge < -0.3 is 4.74 Å². The number of halogens is 1. The van der Waals surface area contributed by atoms with Crippen LogP contribution in [0.2, 0.25) is 0 Å². The summed E-state index contributed by atoms with van der Waals surface area (Å²) in [6, 6.07) is 0. The highest BCUT2D eigenvalue weighted by Gasteiger charge is 2.11. The van der Waals surface area contributed by atoms with Gasteiger partial charge >= 0.3 is 5.97 Å². The van der Waals surface area contributed by atoms with E-state index < -0.39 is 0 Å².